The van der Waals surface area contributed by atoms with E-state index in [4.69, 9.17) is 0 Å². The number of sulfonamides is 1. The van der Waals surface area contributed by atoms with Gasteiger partial charge in [0.15, 0.2) is 0 Å². The Balaban J connectivity index is 1.62. The normalized spacial score (nSPS) is 23.5. The molecule has 1 aliphatic heterocycles. The van der Waals surface area contributed by atoms with Crippen LogP contribution in [0.1, 0.15) is 64.7 Å². The van der Waals surface area contributed by atoms with Crippen LogP contribution in [0.3, 0.4) is 0 Å². The van der Waals surface area contributed by atoms with Crippen LogP contribution < -0.4 is 5.32 Å². The van der Waals surface area contributed by atoms with Crippen LogP contribution in [0.15, 0.2) is 0 Å². The fraction of sp³-hybridized carbons (Fsp3) is 1.00. The van der Waals surface area contributed by atoms with E-state index in [1.165, 1.54) is 38.5 Å². The highest BCUT2D eigenvalue weighted by molar-refractivity contribution is 7.89. The van der Waals surface area contributed by atoms with E-state index in [1.807, 2.05) is 6.92 Å². The molecule has 2 fully saturated rings. The van der Waals surface area contributed by atoms with Crippen LogP contribution in [0.5, 0.6) is 0 Å². The predicted molar refractivity (Wildman–Crippen MR) is 87.9 cm³/mol. The maximum Gasteiger partial charge on any atom is 0.214 e. The first-order chi connectivity index (χ1) is 10.1. The standard InChI is InChI=1S/C16H32N2O2S/c1-2-14-21(19,20)18-12-9-16(10-13-18)17-11-8-15-6-4-3-5-7-15/h15-17H,2-14H2,1H3. The summed E-state index contributed by atoms with van der Waals surface area (Å²) in [5.41, 5.74) is 0. The maximum absolute atomic E-state index is 12.0. The van der Waals surface area contributed by atoms with Crippen LogP contribution >= 0.6 is 0 Å². The zero-order chi connectivity index (χ0) is 15.1. The van der Waals surface area contributed by atoms with Gasteiger partial charge in [0.25, 0.3) is 0 Å². The summed E-state index contributed by atoms with van der Waals surface area (Å²) in [6.07, 6.45) is 11.0. The Hall–Kier alpha value is -0.130. The van der Waals surface area contributed by atoms with Crippen molar-refractivity contribution in [1.29, 1.82) is 0 Å². The van der Waals surface area contributed by atoms with Gasteiger partial charge in [0.1, 0.15) is 0 Å². The SMILES string of the molecule is CCCS(=O)(=O)N1CCC(NCCC2CCCCC2)CC1. The van der Waals surface area contributed by atoms with Crippen molar-refractivity contribution in [2.75, 3.05) is 25.4 Å². The van der Waals surface area contributed by atoms with Gasteiger partial charge < -0.3 is 5.32 Å². The number of rotatable bonds is 7. The Morgan fingerprint density at radius 1 is 1.05 bits per heavy atom. The molecule has 0 radical (unpaired) electrons. The van der Waals surface area contributed by atoms with Crippen LogP contribution in [0, 0.1) is 5.92 Å². The molecule has 1 saturated carbocycles. The van der Waals surface area contributed by atoms with E-state index in [1.54, 1.807) is 4.31 Å². The average molecular weight is 317 g/mol. The Morgan fingerprint density at radius 2 is 1.71 bits per heavy atom. The van der Waals surface area contributed by atoms with Gasteiger partial charge in [0.2, 0.25) is 10.0 Å². The quantitative estimate of drug-likeness (QED) is 0.786. The first kappa shape index (κ1) is 17.2. The van der Waals surface area contributed by atoms with Crippen LogP contribution in [0.25, 0.3) is 0 Å². The summed E-state index contributed by atoms with van der Waals surface area (Å²) >= 11 is 0. The molecule has 21 heavy (non-hydrogen) atoms. The molecule has 1 heterocycles. The van der Waals surface area contributed by atoms with Crippen LogP contribution in [-0.2, 0) is 10.0 Å². The van der Waals surface area contributed by atoms with Crippen molar-refractivity contribution in [3.63, 3.8) is 0 Å². The topological polar surface area (TPSA) is 49.4 Å². The van der Waals surface area contributed by atoms with Crippen molar-refractivity contribution in [1.82, 2.24) is 9.62 Å². The van der Waals surface area contributed by atoms with Crippen molar-refractivity contribution < 1.29 is 8.42 Å². The van der Waals surface area contributed by atoms with E-state index in [9.17, 15) is 8.42 Å². The van der Waals surface area contributed by atoms with E-state index < -0.39 is 10.0 Å². The van der Waals surface area contributed by atoms with E-state index in [0.717, 1.165) is 25.3 Å². The Kier molecular flexibility index (Phi) is 6.96. The minimum Gasteiger partial charge on any atom is -0.314 e. The predicted octanol–water partition coefficient (Wildman–Crippen LogP) is 2.75. The number of hydrogen-bond acceptors (Lipinski definition) is 3. The van der Waals surface area contributed by atoms with Crippen molar-refractivity contribution in [2.45, 2.75) is 70.8 Å². The first-order valence-electron chi connectivity index (χ1n) is 8.83. The lowest BCUT2D eigenvalue weighted by Crippen LogP contribution is -2.45. The molecular weight excluding hydrogens is 284 g/mol. The van der Waals surface area contributed by atoms with Crippen molar-refractivity contribution in [3.05, 3.63) is 0 Å². The third kappa shape index (κ3) is 5.53. The summed E-state index contributed by atoms with van der Waals surface area (Å²) in [5, 5.41) is 3.65. The molecule has 1 aliphatic carbocycles. The van der Waals surface area contributed by atoms with E-state index in [0.29, 0.717) is 31.3 Å². The molecule has 0 aromatic carbocycles. The second-order valence-electron chi connectivity index (χ2n) is 6.74. The summed E-state index contributed by atoms with van der Waals surface area (Å²) in [5.74, 6) is 1.23. The summed E-state index contributed by atoms with van der Waals surface area (Å²) in [6, 6.07) is 0.515. The Bertz CT molecular complexity index is 383. The highest BCUT2D eigenvalue weighted by Crippen LogP contribution is 2.26. The minimum atomic E-state index is -2.99. The van der Waals surface area contributed by atoms with Gasteiger partial charge in [-0.15, -0.1) is 0 Å². The third-order valence-corrected chi connectivity index (χ3v) is 7.10. The van der Waals surface area contributed by atoms with E-state index >= 15 is 0 Å². The lowest BCUT2D eigenvalue weighted by atomic mass is 9.87. The van der Waals surface area contributed by atoms with Crippen LogP contribution in [0.2, 0.25) is 0 Å². The second kappa shape index (κ2) is 8.49. The average Bonchev–Trinajstić information content (AvgIpc) is 2.49. The monoisotopic (exact) mass is 316 g/mol. The molecule has 4 nitrogen and oxygen atoms in total. The van der Waals surface area contributed by atoms with Gasteiger partial charge in [0.05, 0.1) is 5.75 Å². The van der Waals surface area contributed by atoms with Gasteiger partial charge in [-0.2, -0.15) is 0 Å². The summed E-state index contributed by atoms with van der Waals surface area (Å²) in [7, 11) is -2.99. The van der Waals surface area contributed by atoms with Crippen molar-refractivity contribution in [3.8, 4) is 0 Å². The molecule has 124 valence electrons. The Labute approximate surface area is 130 Å². The number of nitrogens with one attached hydrogen (secondary N) is 1. The minimum absolute atomic E-state index is 0.298. The fourth-order valence-corrected chi connectivity index (χ4v) is 5.23. The molecule has 0 unspecified atom stereocenters. The molecule has 0 spiro atoms. The molecule has 0 aromatic rings. The molecule has 2 rings (SSSR count). The Morgan fingerprint density at radius 3 is 2.33 bits per heavy atom. The summed E-state index contributed by atoms with van der Waals surface area (Å²) in [6.45, 7) is 4.43. The van der Waals surface area contributed by atoms with Crippen molar-refractivity contribution in [2.24, 2.45) is 5.92 Å². The lowest BCUT2D eigenvalue weighted by Gasteiger charge is -2.32. The number of hydrogen-bond donors (Lipinski definition) is 1. The number of piperidine rings is 1. The molecular formula is C16H32N2O2S. The van der Waals surface area contributed by atoms with Crippen LogP contribution in [-0.4, -0.2) is 44.2 Å². The van der Waals surface area contributed by atoms with Gasteiger partial charge in [0, 0.05) is 19.1 Å². The van der Waals surface area contributed by atoms with Crippen LogP contribution in [0.4, 0.5) is 0 Å². The zero-order valence-corrected chi connectivity index (χ0v) is 14.3. The second-order valence-corrected chi connectivity index (χ2v) is 8.82. The molecule has 1 N–H and O–H groups in total. The molecule has 5 heteroatoms. The molecule has 1 saturated heterocycles. The largest absolute Gasteiger partial charge is 0.314 e. The lowest BCUT2D eigenvalue weighted by molar-refractivity contribution is 0.275. The first-order valence-corrected chi connectivity index (χ1v) is 10.4. The van der Waals surface area contributed by atoms with Gasteiger partial charge in [-0.25, -0.2) is 12.7 Å². The molecule has 2 aliphatic rings. The van der Waals surface area contributed by atoms with Gasteiger partial charge in [-0.05, 0) is 38.1 Å². The molecule has 0 aromatic heterocycles. The maximum atomic E-state index is 12.0. The molecule has 0 bridgehead atoms. The molecule has 0 amide bonds. The van der Waals surface area contributed by atoms with E-state index in [2.05, 4.69) is 5.32 Å². The fourth-order valence-electron chi connectivity index (χ4n) is 3.69. The highest BCUT2D eigenvalue weighted by Gasteiger charge is 2.27. The van der Waals surface area contributed by atoms with Crippen molar-refractivity contribution >= 4 is 10.0 Å². The third-order valence-electron chi connectivity index (χ3n) is 5.02. The number of nitrogens with zero attached hydrogens (tertiary/aromatic N) is 1. The zero-order valence-electron chi connectivity index (χ0n) is 13.5. The van der Waals surface area contributed by atoms with E-state index in [-0.39, 0.29) is 0 Å². The smallest absolute Gasteiger partial charge is 0.214 e. The van der Waals surface area contributed by atoms with Gasteiger partial charge in [-0.1, -0.05) is 39.0 Å². The van der Waals surface area contributed by atoms with Gasteiger partial charge >= 0.3 is 0 Å². The summed E-state index contributed by atoms with van der Waals surface area (Å²) < 4.78 is 25.7. The van der Waals surface area contributed by atoms with Gasteiger partial charge in [-0.3, -0.25) is 0 Å². The molecule has 0 atom stereocenters. The summed E-state index contributed by atoms with van der Waals surface area (Å²) in [4.78, 5) is 0. The highest BCUT2D eigenvalue weighted by atomic mass is 32.2.